The van der Waals surface area contributed by atoms with Gasteiger partial charge >= 0.3 is 5.97 Å². The maximum Gasteiger partial charge on any atom is 0.350 e. The molecule has 1 aliphatic heterocycles. The van der Waals surface area contributed by atoms with Gasteiger partial charge in [0, 0.05) is 24.7 Å². The summed E-state index contributed by atoms with van der Waals surface area (Å²) in [6, 6.07) is 7.15. The number of esters is 1. The van der Waals surface area contributed by atoms with Crippen LogP contribution in [0, 0.1) is 12.8 Å². The van der Waals surface area contributed by atoms with Crippen LogP contribution in [0.4, 0.5) is 10.8 Å². The van der Waals surface area contributed by atoms with Gasteiger partial charge in [-0.2, -0.15) is 0 Å². The van der Waals surface area contributed by atoms with Crippen molar-refractivity contribution < 1.29 is 23.9 Å². The number of anilines is 2. The minimum atomic E-state index is -0.506. The molecule has 2 heterocycles. The number of hydrogen-bond donors (Lipinski definition) is 1. The number of amides is 2. The molecule has 1 atom stereocenters. The minimum Gasteiger partial charge on any atom is -0.497 e. The maximum absolute atomic E-state index is 12.6. The number of carbonyl (C=O) groups excluding carboxylic acids is 3. The Hall–Kier alpha value is -2.94. The van der Waals surface area contributed by atoms with E-state index in [1.165, 1.54) is 0 Å². The number of methoxy groups -OCH3 is 1. The summed E-state index contributed by atoms with van der Waals surface area (Å²) in [6.07, 6.45) is 0.109. The Balaban J connectivity index is 1.68. The van der Waals surface area contributed by atoms with Gasteiger partial charge in [-0.15, -0.1) is 0 Å². The lowest BCUT2D eigenvalue weighted by Gasteiger charge is -2.17. The zero-order chi connectivity index (χ0) is 20.3. The number of aryl methyl sites for hydroxylation is 1. The van der Waals surface area contributed by atoms with Crippen LogP contribution in [0.25, 0.3) is 0 Å². The van der Waals surface area contributed by atoms with Crippen molar-refractivity contribution in [3.8, 4) is 5.75 Å². The number of ether oxygens (including phenoxy) is 2. The molecule has 3 rings (SSSR count). The molecule has 9 heteroatoms. The fourth-order valence-electron chi connectivity index (χ4n) is 2.95. The van der Waals surface area contributed by atoms with E-state index in [-0.39, 0.29) is 31.4 Å². The van der Waals surface area contributed by atoms with Crippen LogP contribution in [-0.2, 0) is 14.3 Å². The van der Waals surface area contributed by atoms with Gasteiger partial charge in [-0.1, -0.05) is 17.4 Å². The van der Waals surface area contributed by atoms with Crippen molar-refractivity contribution in [2.24, 2.45) is 5.92 Å². The van der Waals surface area contributed by atoms with Crippen LogP contribution in [0.1, 0.15) is 28.7 Å². The van der Waals surface area contributed by atoms with Gasteiger partial charge in [0.15, 0.2) is 5.13 Å². The highest BCUT2D eigenvalue weighted by Crippen LogP contribution is 2.29. The smallest absolute Gasteiger partial charge is 0.350 e. The van der Waals surface area contributed by atoms with Crippen LogP contribution in [0.5, 0.6) is 5.75 Å². The second kappa shape index (κ2) is 8.39. The Morgan fingerprint density at radius 2 is 2.18 bits per heavy atom. The molecule has 1 aliphatic rings. The van der Waals surface area contributed by atoms with Crippen LogP contribution in [0.15, 0.2) is 24.3 Å². The molecule has 0 saturated carbocycles. The molecule has 1 fully saturated rings. The second-order valence-electron chi connectivity index (χ2n) is 6.25. The highest BCUT2D eigenvalue weighted by atomic mass is 32.1. The number of nitrogens with one attached hydrogen (secondary N) is 1. The first-order valence-electron chi connectivity index (χ1n) is 8.82. The molecular weight excluding hydrogens is 382 g/mol. The molecule has 0 unspecified atom stereocenters. The number of rotatable bonds is 6. The van der Waals surface area contributed by atoms with Gasteiger partial charge in [0.1, 0.15) is 10.6 Å². The molecule has 1 aromatic heterocycles. The van der Waals surface area contributed by atoms with Crippen molar-refractivity contribution in [1.29, 1.82) is 0 Å². The molecule has 1 aromatic carbocycles. The molecule has 0 spiro atoms. The SMILES string of the molecule is CCOC(=O)c1sc(NC(=O)[C@@H]2CC(=O)N(c3cccc(OC)c3)C2)nc1C. The van der Waals surface area contributed by atoms with E-state index in [0.717, 1.165) is 11.3 Å². The number of hydrogen-bond acceptors (Lipinski definition) is 7. The first-order valence-corrected chi connectivity index (χ1v) is 9.64. The summed E-state index contributed by atoms with van der Waals surface area (Å²) in [4.78, 5) is 43.0. The van der Waals surface area contributed by atoms with Crippen LogP contribution < -0.4 is 15.0 Å². The Labute approximate surface area is 166 Å². The Kier molecular flexibility index (Phi) is 5.93. The maximum atomic E-state index is 12.6. The molecule has 148 valence electrons. The topological polar surface area (TPSA) is 97.8 Å². The average Bonchev–Trinajstić information content (AvgIpc) is 3.24. The summed E-state index contributed by atoms with van der Waals surface area (Å²) in [7, 11) is 1.56. The van der Waals surface area contributed by atoms with E-state index < -0.39 is 11.9 Å². The van der Waals surface area contributed by atoms with Crippen molar-refractivity contribution in [2.75, 3.05) is 30.5 Å². The van der Waals surface area contributed by atoms with E-state index in [9.17, 15) is 14.4 Å². The highest BCUT2D eigenvalue weighted by Gasteiger charge is 2.35. The molecule has 8 nitrogen and oxygen atoms in total. The predicted molar refractivity (Wildman–Crippen MR) is 105 cm³/mol. The Bertz CT molecular complexity index is 911. The van der Waals surface area contributed by atoms with E-state index in [4.69, 9.17) is 9.47 Å². The van der Waals surface area contributed by atoms with E-state index >= 15 is 0 Å². The lowest BCUT2D eigenvalue weighted by molar-refractivity contribution is -0.122. The summed E-state index contributed by atoms with van der Waals surface area (Å²) in [5.41, 5.74) is 1.19. The van der Waals surface area contributed by atoms with Gasteiger partial charge in [0.25, 0.3) is 0 Å². The van der Waals surface area contributed by atoms with Crippen molar-refractivity contribution in [3.63, 3.8) is 0 Å². The predicted octanol–water partition coefficient (Wildman–Crippen LogP) is 2.63. The number of carbonyl (C=O) groups is 3. The summed E-state index contributed by atoms with van der Waals surface area (Å²) >= 11 is 1.06. The van der Waals surface area contributed by atoms with Crippen LogP contribution in [-0.4, -0.2) is 43.0 Å². The fourth-order valence-corrected chi connectivity index (χ4v) is 3.82. The Morgan fingerprint density at radius 3 is 2.89 bits per heavy atom. The van der Waals surface area contributed by atoms with Crippen molar-refractivity contribution in [3.05, 3.63) is 34.8 Å². The molecule has 2 aromatic rings. The standard InChI is InChI=1S/C19H21N3O5S/c1-4-27-18(25)16-11(2)20-19(28-16)21-17(24)12-8-15(23)22(10-12)13-6-5-7-14(9-13)26-3/h5-7,9,12H,4,8,10H2,1-3H3,(H,20,21,24)/t12-/m1/s1. The molecule has 1 N–H and O–H groups in total. The van der Waals surface area contributed by atoms with E-state index in [2.05, 4.69) is 10.3 Å². The molecule has 28 heavy (non-hydrogen) atoms. The number of benzene rings is 1. The normalized spacial score (nSPS) is 16.2. The highest BCUT2D eigenvalue weighted by molar-refractivity contribution is 7.17. The zero-order valence-electron chi connectivity index (χ0n) is 15.9. The van der Waals surface area contributed by atoms with Crippen molar-refractivity contribution in [2.45, 2.75) is 20.3 Å². The van der Waals surface area contributed by atoms with Crippen LogP contribution in [0.2, 0.25) is 0 Å². The van der Waals surface area contributed by atoms with Gasteiger partial charge in [-0.3, -0.25) is 9.59 Å². The molecular formula is C19H21N3O5S. The van der Waals surface area contributed by atoms with Gasteiger partial charge < -0.3 is 19.7 Å². The largest absolute Gasteiger partial charge is 0.497 e. The van der Waals surface area contributed by atoms with Gasteiger partial charge in [0.2, 0.25) is 11.8 Å². The van der Waals surface area contributed by atoms with Gasteiger partial charge in [-0.25, -0.2) is 9.78 Å². The average molecular weight is 403 g/mol. The van der Waals surface area contributed by atoms with E-state index in [0.29, 0.717) is 27.1 Å². The van der Waals surface area contributed by atoms with Crippen LogP contribution in [0.3, 0.4) is 0 Å². The quantitative estimate of drug-likeness (QED) is 0.745. The molecule has 2 amide bonds. The van der Waals surface area contributed by atoms with Gasteiger partial charge in [0.05, 0.1) is 25.3 Å². The molecule has 0 radical (unpaired) electrons. The zero-order valence-corrected chi connectivity index (χ0v) is 16.7. The van der Waals surface area contributed by atoms with Crippen molar-refractivity contribution >= 4 is 39.9 Å². The third-order valence-corrected chi connectivity index (χ3v) is 5.40. The Morgan fingerprint density at radius 1 is 1.39 bits per heavy atom. The molecule has 0 aliphatic carbocycles. The van der Waals surface area contributed by atoms with Crippen molar-refractivity contribution in [1.82, 2.24) is 4.98 Å². The lowest BCUT2D eigenvalue weighted by atomic mass is 10.1. The van der Waals surface area contributed by atoms with E-state index in [1.807, 2.05) is 0 Å². The summed E-state index contributed by atoms with van der Waals surface area (Å²) in [5.74, 6) is -0.756. The second-order valence-corrected chi connectivity index (χ2v) is 7.25. The lowest BCUT2D eigenvalue weighted by Crippen LogP contribution is -2.28. The first-order chi connectivity index (χ1) is 13.4. The number of nitrogens with zero attached hydrogens (tertiary/aromatic N) is 2. The summed E-state index contributed by atoms with van der Waals surface area (Å²) in [6.45, 7) is 3.94. The minimum absolute atomic E-state index is 0.109. The third kappa shape index (κ3) is 4.14. The summed E-state index contributed by atoms with van der Waals surface area (Å²) in [5, 5.41) is 3.03. The molecule has 0 bridgehead atoms. The third-order valence-electron chi connectivity index (χ3n) is 4.35. The number of aromatic nitrogens is 1. The van der Waals surface area contributed by atoms with Gasteiger partial charge in [-0.05, 0) is 26.0 Å². The first kappa shape index (κ1) is 19.8. The fraction of sp³-hybridized carbons (Fsp3) is 0.368. The number of thiazole rings is 1. The van der Waals surface area contributed by atoms with Crippen LogP contribution >= 0.6 is 11.3 Å². The monoisotopic (exact) mass is 403 g/mol. The van der Waals surface area contributed by atoms with E-state index in [1.54, 1.807) is 50.1 Å². The summed E-state index contributed by atoms with van der Waals surface area (Å²) < 4.78 is 10.2. The molecule has 1 saturated heterocycles.